The molecule has 0 bridgehead atoms. The lowest BCUT2D eigenvalue weighted by atomic mass is 10.2. The molecule has 1 heterocycles. The van der Waals surface area contributed by atoms with Gasteiger partial charge in [0, 0.05) is 16.8 Å². The Morgan fingerprint density at radius 2 is 1.82 bits per heavy atom. The van der Waals surface area contributed by atoms with Crippen molar-refractivity contribution in [2.45, 2.75) is 17.8 Å². The van der Waals surface area contributed by atoms with E-state index in [1.54, 1.807) is 0 Å². The van der Waals surface area contributed by atoms with Gasteiger partial charge >= 0.3 is 6.36 Å². The Balaban J connectivity index is 1.62. The van der Waals surface area contributed by atoms with Crippen molar-refractivity contribution in [2.75, 3.05) is 4.72 Å². The summed E-state index contributed by atoms with van der Waals surface area (Å²) in [5.41, 5.74) is 0.462. The maximum absolute atomic E-state index is 13.3. The molecule has 0 spiro atoms. The van der Waals surface area contributed by atoms with Crippen LogP contribution in [0.3, 0.4) is 0 Å². The number of halogens is 5. The number of rotatable bonds is 6. The molecular weight excluding hydrogens is 502 g/mol. The average Bonchev–Trinajstić information content (AvgIpc) is 3.03. The highest BCUT2D eigenvalue weighted by atomic mass is 35.5. The van der Waals surface area contributed by atoms with Crippen LogP contribution in [0.1, 0.15) is 5.56 Å². The predicted molar refractivity (Wildman–Crippen MR) is 117 cm³/mol. The summed E-state index contributed by atoms with van der Waals surface area (Å²) in [6, 6.07) is 11.9. The SMILES string of the molecule is O=c1[nH]n(Cc2ccc(F)cc2Cl)c2ccc(NS(=O)(=O)c3cccc(OC(F)(F)F)c3)cc12. The number of benzene rings is 3. The number of fused-ring (bicyclic) bond motifs is 1. The van der Waals surface area contributed by atoms with Crippen molar-refractivity contribution in [1.29, 1.82) is 0 Å². The summed E-state index contributed by atoms with van der Waals surface area (Å²) < 4.78 is 83.4. The molecule has 0 atom stereocenters. The molecule has 0 radical (unpaired) electrons. The molecule has 0 saturated carbocycles. The highest BCUT2D eigenvalue weighted by molar-refractivity contribution is 7.92. The Morgan fingerprint density at radius 1 is 1.06 bits per heavy atom. The fraction of sp³-hybridized carbons (Fsp3) is 0.0952. The molecule has 4 aromatic rings. The Bertz CT molecular complexity index is 1550. The molecule has 13 heteroatoms. The third kappa shape index (κ3) is 5.18. The van der Waals surface area contributed by atoms with Gasteiger partial charge in [0.05, 0.1) is 22.3 Å². The van der Waals surface area contributed by atoms with Crippen LogP contribution in [0.25, 0.3) is 10.9 Å². The van der Waals surface area contributed by atoms with Crippen LogP contribution in [0, 0.1) is 5.82 Å². The maximum atomic E-state index is 13.3. The fourth-order valence-corrected chi connectivity index (χ4v) is 4.57. The normalized spacial score (nSPS) is 12.1. The van der Waals surface area contributed by atoms with Crippen molar-refractivity contribution in [1.82, 2.24) is 9.78 Å². The number of anilines is 1. The molecule has 3 aromatic carbocycles. The Hall–Kier alpha value is -3.51. The zero-order valence-electron chi connectivity index (χ0n) is 16.9. The lowest BCUT2D eigenvalue weighted by Gasteiger charge is -2.12. The van der Waals surface area contributed by atoms with Crippen LogP contribution in [0.5, 0.6) is 5.75 Å². The largest absolute Gasteiger partial charge is 0.573 e. The zero-order chi connectivity index (χ0) is 24.7. The van der Waals surface area contributed by atoms with Gasteiger partial charge in [-0.05, 0) is 48.0 Å². The first-order chi connectivity index (χ1) is 15.9. The van der Waals surface area contributed by atoms with E-state index in [0.29, 0.717) is 11.1 Å². The number of hydrogen-bond donors (Lipinski definition) is 2. The number of aromatic amines is 1. The molecular formula is C21H14ClF4N3O4S. The van der Waals surface area contributed by atoms with Crippen molar-refractivity contribution in [3.05, 3.63) is 87.4 Å². The molecule has 4 rings (SSSR count). The number of nitrogens with one attached hydrogen (secondary N) is 2. The summed E-state index contributed by atoms with van der Waals surface area (Å²) in [5, 5.41) is 2.92. The second-order valence-corrected chi connectivity index (χ2v) is 9.21. The van der Waals surface area contributed by atoms with E-state index in [1.165, 1.54) is 35.0 Å². The van der Waals surface area contributed by atoms with E-state index in [-0.39, 0.29) is 22.6 Å². The summed E-state index contributed by atoms with van der Waals surface area (Å²) >= 11 is 6.05. The minimum atomic E-state index is -4.98. The van der Waals surface area contributed by atoms with Crippen LogP contribution < -0.4 is 15.0 Å². The molecule has 34 heavy (non-hydrogen) atoms. The Labute approximate surface area is 194 Å². The maximum Gasteiger partial charge on any atom is 0.573 e. The minimum Gasteiger partial charge on any atom is -0.406 e. The van der Waals surface area contributed by atoms with Gasteiger partial charge in [0.2, 0.25) is 0 Å². The molecule has 178 valence electrons. The lowest BCUT2D eigenvalue weighted by Crippen LogP contribution is -2.18. The minimum absolute atomic E-state index is 0.0118. The van der Waals surface area contributed by atoms with Crippen LogP contribution >= 0.6 is 11.6 Å². The summed E-state index contributed by atoms with van der Waals surface area (Å²) in [6.45, 7) is 0.120. The molecule has 0 unspecified atom stereocenters. The first-order valence-corrected chi connectivity index (χ1v) is 11.3. The van der Waals surface area contributed by atoms with Crippen molar-refractivity contribution in [3.63, 3.8) is 0 Å². The summed E-state index contributed by atoms with van der Waals surface area (Å²) in [6.07, 6.45) is -4.98. The number of nitrogens with zero attached hydrogens (tertiary/aromatic N) is 1. The molecule has 0 aliphatic carbocycles. The number of aromatic nitrogens is 2. The van der Waals surface area contributed by atoms with E-state index in [4.69, 9.17) is 11.6 Å². The van der Waals surface area contributed by atoms with Crippen molar-refractivity contribution < 1.29 is 30.7 Å². The van der Waals surface area contributed by atoms with E-state index < -0.39 is 38.4 Å². The van der Waals surface area contributed by atoms with Crippen LogP contribution in [-0.4, -0.2) is 24.6 Å². The predicted octanol–water partition coefficient (Wildman–Crippen LogP) is 4.87. The standard InChI is InChI=1S/C21H14ClF4N3O4S/c22-18-8-13(23)5-4-12(18)11-29-19-7-6-14(9-17(19)20(30)27-29)28-34(31,32)16-3-1-2-15(10-16)33-21(24,25)26/h1-10,28H,11H2,(H,27,30). The summed E-state index contributed by atoms with van der Waals surface area (Å²) in [7, 11) is -4.29. The van der Waals surface area contributed by atoms with Gasteiger partial charge in [-0.2, -0.15) is 0 Å². The molecule has 2 N–H and O–H groups in total. The second kappa shape index (κ2) is 8.69. The van der Waals surface area contributed by atoms with E-state index in [2.05, 4.69) is 14.6 Å². The molecule has 0 aliphatic heterocycles. The lowest BCUT2D eigenvalue weighted by molar-refractivity contribution is -0.274. The van der Waals surface area contributed by atoms with Gasteiger partial charge in [-0.1, -0.05) is 23.7 Å². The molecule has 0 aliphatic rings. The molecule has 0 saturated heterocycles. The van der Waals surface area contributed by atoms with Gasteiger partial charge in [-0.3, -0.25) is 19.3 Å². The third-order valence-electron chi connectivity index (χ3n) is 4.71. The van der Waals surface area contributed by atoms with Crippen molar-refractivity contribution in [2.24, 2.45) is 0 Å². The van der Waals surface area contributed by atoms with Gasteiger partial charge < -0.3 is 4.74 Å². The number of hydrogen-bond acceptors (Lipinski definition) is 4. The van der Waals surface area contributed by atoms with Gasteiger partial charge in [-0.25, -0.2) is 12.8 Å². The number of alkyl halides is 3. The van der Waals surface area contributed by atoms with Crippen LogP contribution in [0.2, 0.25) is 5.02 Å². The average molecular weight is 516 g/mol. The number of H-pyrrole nitrogens is 1. The number of sulfonamides is 1. The third-order valence-corrected chi connectivity index (χ3v) is 6.44. The fourth-order valence-electron chi connectivity index (χ4n) is 3.26. The van der Waals surface area contributed by atoms with Crippen LogP contribution in [0.4, 0.5) is 23.2 Å². The highest BCUT2D eigenvalue weighted by Gasteiger charge is 2.31. The van der Waals surface area contributed by atoms with Gasteiger partial charge in [0.15, 0.2) is 0 Å². The molecule has 1 aromatic heterocycles. The van der Waals surface area contributed by atoms with Gasteiger partial charge in [0.1, 0.15) is 11.6 Å². The highest BCUT2D eigenvalue weighted by Crippen LogP contribution is 2.27. The summed E-state index contributed by atoms with van der Waals surface area (Å²) in [5.74, 6) is -1.20. The van der Waals surface area contributed by atoms with Crippen LogP contribution in [0.15, 0.2) is 70.4 Å². The first-order valence-electron chi connectivity index (χ1n) is 9.46. The van der Waals surface area contributed by atoms with Crippen molar-refractivity contribution in [3.8, 4) is 5.75 Å². The van der Waals surface area contributed by atoms with Gasteiger partial charge in [0.25, 0.3) is 15.6 Å². The molecule has 7 nitrogen and oxygen atoms in total. The Kier molecular flexibility index (Phi) is 6.04. The smallest absolute Gasteiger partial charge is 0.406 e. The van der Waals surface area contributed by atoms with E-state index in [0.717, 1.165) is 30.3 Å². The Morgan fingerprint density at radius 3 is 2.53 bits per heavy atom. The topological polar surface area (TPSA) is 93.2 Å². The summed E-state index contributed by atoms with van der Waals surface area (Å²) in [4.78, 5) is 12.0. The van der Waals surface area contributed by atoms with E-state index in [1.807, 2.05) is 0 Å². The monoisotopic (exact) mass is 515 g/mol. The molecule has 0 amide bonds. The number of ether oxygens (including phenoxy) is 1. The first kappa shape index (κ1) is 23.6. The van der Waals surface area contributed by atoms with E-state index in [9.17, 15) is 30.8 Å². The molecule has 0 fully saturated rings. The zero-order valence-corrected chi connectivity index (χ0v) is 18.4. The quantitative estimate of drug-likeness (QED) is 0.358. The van der Waals surface area contributed by atoms with Gasteiger partial charge in [-0.15, -0.1) is 13.2 Å². The van der Waals surface area contributed by atoms with Crippen LogP contribution in [-0.2, 0) is 16.6 Å². The van der Waals surface area contributed by atoms with Crippen molar-refractivity contribution >= 4 is 38.2 Å². The second-order valence-electron chi connectivity index (χ2n) is 7.12. The van der Waals surface area contributed by atoms with E-state index >= 15 is 0 Å².